The Hall–Kier alpha value is -1.26. The van der Waals surface area contributed by atoms with Crippen molar-refractivity contribution in [2.45, 2.75) is 69.4 Å². The number of hydrogen-bond donors (Lipinski definition) is 3. The molecule has 0 spiro atoms. The third kappa shape index (κ3) is 3.84. The van der Waals surface area contributed by atoms with Crippen molar-refractivity contribution in [1.82, 2.24) is 5.32 Å². The molecule has 0 aromatic heterocycles. The van der Waals surface area contributed by atoms with Crippen molar-refractivity contribution in [2.75, 3.05) is 20.2 Å². The summed E-state index contributed by atoms with van der Waals surface area (Å²) >= 11 is 0. The summed E-state index contributed by atoms with van der Waals surface area (Å²) < 4.78 is 21.9. The van der Waals surface area contributed by atoms with E-state index in [4.69, 9.17) is 24.7 Å². The summed E-state index contributed by atoms with van der Waals surface area (Å²) in [6, 6.07) is 0. The lowest BCUT2D eigenvalue weighted by molar-refractivity contribution is -0.263. The molecule has 0 aromatic rings. The maximum Gasteiger partial charge on any atom is 0.369 e. The summed E-state index contributed by atoms with van der Waals surface area (Å²) in [5, 5.41) is 13.4. The maximum atomic E-state index is 12.4. The molecule has 2 aliphatic heterocycles. The van der Waals surface area contributed by atoms with Gasteiger partial charge in [-0.1, -0.05) is 0 Å². The van der Waals surface area contributed by atoms with Crippen molar-refractivity contribution in [2.24, 2.45) is 17.6 Å². The van der Waals surface area contributed by atoms with Gasteiger partial charge in [-0.3, -0.25) is 4.79 Å². The van der Waals surface area contributed by atoms with Crippen LogP contribution in [0, 0.1) is 11.8 Å². The van der Waals surface area contributed by atoms with Crippen LogP contribution in [-0.4, -0.2) is 67.1 Å². The lowest BCUT2D eigenvalue weighted by Gasteiger charge is -2.28. The molecule has 154 valence electrons. The molecule has 1 amide bonds. The van der Waals surface area contributed by atoms with Crippen LogP contribution in [0.25, 0.3) is 0 Å². The quantitative estimate of drug-likeness (QED) is 0.547. The Kier molecular flexibility index (Phi) is 5.79. The smallest absolute Gasteiger partial charge is 0.369 e. The molecular formula is C18H30N2O7. The molecule has 3 fully saturated rings. The molecule has 0 aromatic carbocycles. The van der Waals surface area contributed by atoms with Crippen LogP contribution in [0.15, 0.2) is 0 Å². The largest absolute Gasteiger partial charge is 0.465 e. The number of ether oxygens (including phenoxy) is 4. The first kappa shape index (κ1) is 20.5. The SMILES string of the molecule is COC(=O)[C@@]12OC(CNC(=O)C3CCC(CN)CC3)[C@@H](O)[C@@H]1OC(C)(C)O2. The number of aliphatic hydroxyl groups excluding tert-OH is 1. The standard InChI is InChI=1S/C18H30N2O7/c1-17(2)26-14-13(21)12(25-18(14,27-17)16(23)24-3)9-20-15(22)11-6-4-10(8-19)5-7-11/h10-14,21H,4-9,19H2,1-3H3,(H,20,22)/t10?,11?,12?,13-,14+,18-/m1/s1. The molecule has 4 atom stereocenters. The van der Waals surface area contributed by atoms with E-state index in [1.807, 2.05) is 0 Å². The molecule has 0 radical (unpaired) electrons. The van der Waals surface area contributed by atoms with Crippen LogP contribution in [0.4, 0.5) is 0 Å². The first-order valence-electron chi connectivity index (χ1n) is 9.52. The number of fused-ring (bicyclic) bond motifs is 1. The molecule has 27 heavy (non-hydrogen) atoms. The third-order valence-electron chi connectivity index (χ3n) is 5.70. The van der Waals surface area contributed by atoms with Crippen LogP contribution in [0.3, 0.4) is 0 Å². The molecule has 9 heteroatoms. The lowest BCUT2D eigenvalue weighted by Crippen LogP contribution is -2.48. The van der Waals surface area contributed by atoms with Gasteiger partial charge in [0.25, 0.3) is 0 Å². The highest BCUT2D eigenvalue weighted by molar-refractivity contribution is 5.80. The van der Waals surface area contributed by atoms with Gasteiger partial charge in [-0.25, -0.2) is 4.79 Å². The zero-order valence-electron chi connectivity index (χ0n) is 16.1. The van der Waals surface area contributed by atoms with Crippen LogP contribution >= 0.6 is 0 Å². The molecule has 2 heterocycles. The number of nitrogens with one attached hydrogen (secondary N) is 1. The number of aliphatic hydroxyl groups is 1. The molecule has 4 N–H and O–H groups in total. The second kappa shape index (κ2) is 7.63. The maximum absolute atomic E-state index is 12.4. The number of esters is 1. The zero-order chi connectivity index (χ0) is 19.8. The van der Waals surface area contributed by atoms with Crippen LogP contribution in [0.5, 0.6) is 0 Å². The highest BCUT2D eigenvalue weighted by Crippen LogP contribution is 2.46. The molecule has 3 rings (SSSR count). The van der Waals surface area contributed by atoms with Crippen LogP contribution in [-0.2, 0) is 28.5 Å². The number of rotatable bonds is 5. The summed E-state index contributed by atoms with van der Waals surface area (Å²) in [5.74, 6) is -3.35. The minimum atomic E-state index is -1.83. The Labute approximate surface area is 158 Å². The van der Waals surface area contributed by atoms with Gasteiger partial charge in [0.1, 0.15) is 12.2 Å². The van der Waals surface area contributed by atoms with Gasteiger partial charge in [0.15, 0.2) is 11.9 Å². The Morgan fingerprint density at radius 2 is 1.89 bits per heavy atom. The van der Waals surface area contributed by atoms with Crippen molar-refractivity contribution < 1.29 is 33.6 Å². The van der Waals surface area contributed by atoms with Crippen molar-refractivity contribution in [3.05, 3.63) is 0 Å². The zero-order valence-corrected chi connectivity index (χ0v) is 16.1. The van der Waals surface area contributed by atoms with Gasteiger partial charge in [-0.2, -0.15) is 0 Å². The van der Waals surface area contributed by atoms with E-state index in [-0.39, 0.29) is 18.4 Å². The van der Waals surface area contributed by atoms with E-state index in [0.29, 0.717) is 12.5 Å². The second-order valence-electron chi connectivity index (χ2n) is 8.04. The van der Waals surface area contributed by atoms with Crippen LogP contribution < -0.4 is 11.1 Å². The monoisotopic (exact) mass is 386 g/mol. The summed E-state index contributed by atoms with van der Waals surface area (Å²) in [4.78, 5) is 24.7. The van der Waals surface area contributed by atoms with E-state index in [0.717, 1.165) is 25.7 Å². The lowest BCUT2D eigenvalue weighted by atomic mass is 9.81. The number of carbonyl (C=O) groups excluding carboxylic acids is 2. The first-order chi connectivity index (χ1) is 12.7. The highest BCUT2D eigenvalue weighted by Gasteiger charge is 2.69. The van der Waals surface area contributed by atoms with Crippen molar-refractivity contribution in [1.29, 1.82) is 0 Å². The second-order valence-corrected chi connectivity index (χ2v) is 8.04. The average Bonchev–Trinajstić information content (AvgIpc) is 3.08. The van der Waals surface area contributed by atoms with Crippen molar-refractivity contribution in [3.63, 3.8) is 0 Å². The van der Waals surface area contributed by atoms with Gasteiger partial charge < -0.3 is 35.1 Å². The third-order valence-corrected chi connectivity index (χ3v) is 5.70. The first-order valence-corrected chi connectivity index (χ1v) is 9.52. The van der Waals surface area contributed by atoms with E-state index < -0.39 is 35.9 Å². The highest BCUT2D eigenvalue weighted by atomic mass is 16.9. The van der Waals surface area contributed by atoms with Gasteiger partial charge in [0.2, 0.25) is 5.91 Å². The van der Waals surface area contributed by atoms with Crippen LogP contribution in [0.2, 0.25) is 0 Å². The normalized spacial score (nSPS) is 40.4. The molecule has 3 aliphatic rings. The average molecular weight is 386 g/mol. The van der Waals surface area contributed by atoms with E-state index >= 15 is 0 Å². The Balaban J connectivity index is 1.59. The molecule has 1 aliphatic carbocycles. The summed E-state index contributed by atoms with van der Waals surface area (Å²) in [6.07, 6.45) is 0.493. The molecule has 1 saturated carbocycles. The van der Waals surface area contributed by atoms with E-state index in [2.05, 4.69) is 5.32 Å². The molecule has 1 unspecified atom stereocenters. The fourth-order valence-corrected chi connectivity index (χ4v) is 4.22. The fraction of sp³-hybridized carbons (Fsp3) is 0.889. The molecular weight excluding hydrogens is 356 g/mol. The fourth-order valence-electron chi connectivity index (χ4n) is 4.22. The Morgan fingerprint density at radius 3 is 2.48 bits per heavy atom. The van der Waals surface area contributed by atoms with Crippen molar-refractivity contribution >= 4 is 11.9 Å². The molecule has 9 nitrogen and oxygen atoms in total. The Bertz CT molecular complexity index is 576. The van der Waals surface area contributed by atoms with Gasteiger partial charge in [0.05, 0.1) is 7.11 Å². The van der Waals surface area contributed by atoms with E-state index in [1.165, 1.54) is 7.11 Å². The van der Waals surface area contributed by atoms with Gasteiger partial charge in [0, 0.05) is 12.5 Å². The summed E-state index contributed by atoms with van der Waals surface area (Å²) in [7, 11) is 1.21. The summed E-state index contributed by atoms with van der Waals surface area (Å²) in [6.45, 7) is 3.96. The predicted molar refractivity (Wildman–Crippen MR) is 93.2 cm³/mol. The number of nitrogens with two attached hydrogens (primary N) is 1. The van der Waals surface area contributed by atoms with Crippen molar-refractivity contribution in [3.8, 4) is 0 Å². The number of carbonyl (C=O) groups is 2. The Morgan fingerprint density at radius 1 is 1.22 bits per heavy atom. The van der Waals surface area contributed by atoms with Gasteiger partial charge in [-0.05, 0) is 52.0 Å². The van der Waals surface area contributed by atoms with Crippen LogP contribution in [0.1, 0.15) is 39.5 Å². The minimum Gasteiger partial charge on any atom is -0.465 e. The van der Waals surface area contributed by atoms with E-state index in [1.54, 1.807) is 13.8 Å². The number of methoxy groups -OCH3 is 1. The van der Waals surface area contributed by atoms with Gasteiger partial charge >= 0.3 is 11.8 Å². The topological polar surface area (TPSA) is 129 Å². The number of amides is 1. The number of hydrogen-bond acceptors (Lipinski definition) is 8. The van der Waals surface area contributed by atoms with Gasteiger partial charge in [-0.15, -0.1) is 0 Å². The minimum absolute atomic E-state index is 0.0548. The summed E-state index contributed by atoms with van der Waals surface area (Å²) in [5.41, 5.74) is 5.69. The molecule has 2 saturated heterocycles. The molecule has 0 bridgehead atoms. The predicted octanol–water partition coefficient (Wildman–Crippen LogP) is -0.352. The van der Waals surface area contributed by atoms with E-state index in [9.17, 15) is 14.7 Å².